The molecule has 0 heterocycles. The van der Waals surface area contributed by atoms with Gasteiger partial charge in [0, 0.05) is 11.1 Å². The highest BCUT2D eigenvalue weighted by molar-refractivity contribution is 7.23. The first-order chi connectivity index (χ1) is 10.2. The molecule has 0 aromatic heterocycles. The average Bonchev–Trinajstić information content (AvgIpc) is 2.56. The molecule has 0 bridgehead atoms. The molecule has 0 radical (unpaired) electrons. The Kier molecular flexibility index (Phi) is 5.62. The Balaban J connectivity index is 2.26. The second kappa shape index (κ2) is 7.68. The van der Waals surface area contributed by atoms with Gasteiger partial charge in [0.05, 0.1) is 27.9 Å². The molecule has 0 N–H and O–H groups in total. The van der Waals surface area contributed by atoms with Gasteiger partial charge in [-0.1, -0.05) is 67.0 Å². The summed E-state index contributed by atoms with van der Waals surface area (Å²) in [7, 11) is 3.92. The minimum Gasteiger partial charge on any atom is -0.293 e. The Bertz CT molecular complexity index is 548. The predicted molar refractivity (Wildman–Crippen MR) is 92.7 cm³/mol. The van der Waals surface area contributed by atoms with Crippen molar-refractivity contribution in [3.05, 3.63) is 71.8 Å². The Hall–Kier alpha value is -2.03. The third kappa shape index (κ3) is 3.97. The molecule has 2 aromatic carbocycles. The van der Waals surface area contributed by atoms with E-state index in [1.54, 1.807) is 24.3 Å². The molecule has 5 heteroatoms. The number of rotatable bonds is 7. The average molecular weight is 274 g/mol. The lowest BCUT2D eigenvalue weighted by Gasteiger charge is -2.14. The van der Waals surface area contributed by atoms with Gasteiger partial charge in [-0.15, -0.1) is 0 Å². The smallest absolute Gasteiger partial charge is 0.172 e. The van der Waals surface area contributed by atoms with Crippen molar-refractivity contribution >= 4 is 33.5 Å². The van der Waals surface area contributed by atoms with E-state index in [1.807, 2.05) is 36.4 Å². The summed E-state index contributed by atoms with van der Waals surface area (Å²) in [5.41, 5.74) is 1.23. The standard InChI is InChI=1S/C16H17B3O2/c17-19-18-11-14(15(20)12-7-3-1-4-8-12)16(21)13-9-5-2-6-10-13/h1-10,14,18-19H,11,17H2. The number of hydrogen-bond donors (Lipinski definition) is 0. The number of hydrogen-bond acceptors (Lipinski definition) is 2. The Labute approximate surface area is 127 Å². The molecule has 0 atom stereocenters. The monoisotopic (exact) mass is 274 g/mol. The Morgan fingerprint density at radius 3 is 1.67 bits per heavy atom. The third-order valence-electron chi connectivity index (χ3n) is 3.60. The van der Waals surface area contributed by atoms with Crippen LogP contribution in [0.2, 0.25) is 6.32 Å². The molecule has 2 nitrogen and oxygen atoms in total. The zero-order valence-corrected chi connectivity index (χ0v) is 12.3. The number of Topliss-reactive ketones (excluding diaryl/α,β-unsaturated/α-hetero) is 2. The molecule has 0 amide bonds. The second-order valence-corrected chi connectivity index (χ2v) is 5.16. The number of ketones is 2. The molecule has 0 saturated carbocycles. The van der Waals surface area contributed by atoms with Gasteiger partial charge in [-0.05, 0) is 0 Å². The quantitative estimate of drug-likeness (QED) is 0.430. The molecule has 0 aliphatic carbocycles. The Morgan fingerprint density at radius 1 is 0.857 bits per heavy atom. The second-order valence-electron chi connectivity index (χ2n) is 5.16. The van der Waals surface area contributed by atoms with E-state index in [0.29, 0.717) is 17.4 Å². The topological polar surface area (TPSA) is 34.1 Å². The van der Waals surface area contributed by atoms with Crippen molar-refractivity contribution in [3.63, 3.8) is 0 Å². The molecule has 2 aromatic rings. The minimum atomic E-state index is -0.574. The van der Waals surface area contributed by atoms with Gasteiger partial charge in [0.1, 0.15) is 0 Å². The van der Waals surface area contributed by atoms with E-state index in [9.17, 15) is 9.59 Å². The van der Waals surface area contributed by atoms with Gasteiger partial charge >= 0.3 is 0 Å². The van der Waals surface area contributed by atoms with Crippen LogP contribution in [0.4, 0.5) is 0 Å². The van der Waals surface area contributed by atoms with Crippen molar-refractivity contribution in [2.75, 3.05) is 0 Å². The molecular weight excluding hydrogens is 257 g/mol. The predicted octanol–water partition coefficient (Wildman–Crippen LogP) is 1.12. The van der Waals surface area contributed by atoms with E-state index in [1.165, 1.54) is 0 Å². The SMILES string of the molecule is BBBCC(C(=O)c1ccccc1)C(=O)c1ccccc1. The normalized spacial score (nSPS) is 10.1. The molecule has 0 unspecified atom stereocenters. The fourth-order valence-electron chi connectivity index (χ4n) is 2.40. The molecule has 0 saturated heterocycles. The van der Waals surface area contributed by atoms with Crippen molar-refractivity contribution in [2.24, 2.45) is 5.92 Å². The van der Waals surface area contributed by atoms with Crippen LogP contribution in [0.1, 0.15) is 20.7 Å². The van der Waals surface area contributed by atoms with Crippen LogP contribution in [0.25, 0.3) is 0 Å². The van der Waals surface area contributed by atoms with Crippen molar-refractivity contribution in [1.29, 1.82) is 0 Å². The van der Waals surface area contributed by atoms with Gasteiger partial charge < -0.3 is 0 Å². The lowest BCUT2D eigenvalue weighted by Crippen LogP contribution is -2.27. The fourth-order valence-corrected chi connectivity index (χ4v) is 2.40. The maximum Gasteiger partial charge on any atom is 0.172 e. The molecule has 0 spiro atoms. The molecule has 21 heavy (non-hydrogen) atoms. The van der Waals surface area contributed by atoms with Crippen LogP contribution in [0.15, 0.2) is 60.7 Å². The first-order valence-corrected chi connectivity index (χ1v) is 7.42. The first-order valence-electron chi connectivity index (χ1n) is 7.42. The van der Waals surface area contributed by atoms with E-state index in [2.05, 4.69) is 7.74 Å². The van der Waals surface area contributed by atoms with Gasteiger partial charge in [-0.25, -0.2) is 0 Å². The number of carbonyl (C=O) groups is 2. The molecule has 0 aliphatic rings. The van der Waals surface area contributed by atoms with E-state index >= 15 is 0 Å². The largest absolute Gasteiger partial charge is 0.293 e. The van der Waals surface area contributed by atoms with Crippen molar-refractivity contribution < 1.29 is 9.59 Å². The summed E-state index contributed by atoms with van der Waals surface area (Å²) in [6, 6.07) is 18.2. The van der Waals surface area contributed by atoms with E-state index in [-0.39, 0.29) is 11.6 Å². The van der Waals surface area contributed by atoms with E-state index in [0.717, 1.165) is 14.2 Å². The van der Waals surface area contributed by atoms with Gasteiger partial charge in [0.25, 0.3) is 0 Å². The Morgan fingerprint density at radius 2 is 1.29 bits per heavy atom. The lowest BCUT2D eigenvalue weighted by atomic mass is 9.26. The minimum absolute atomic E-state index is 0.0714. The van der Waals surface area contributed by atoms with Crippen LogP contribution in [0.5, 0.6) is 0 Å². The van der Waals surface area contributed by atoms with Crippen LogP contribution < -0.4 is 0 Å². The molecule has 102 valence electrons. The zero-order chi connectivity index (χ0) is 15.1. The van der Waals surface area contributed by atoms with E-state index < -0.39 is 5.92 Å². The summed E-state index contributed by atoms with van der Waals surface area (Å²) in [6.07, 6.45) is 0.609. The maximum atomic E-state index is 12.6. The summed E-state index contributed by atoms with van der Waals surface area (Å²) in [4.78, 5) is 25.3. The van der Waals surface area contributed by atoms with E-state index in [4.69, 9.17) is 0 Å². The van der Waals surface area contributed by atoms with Crippen molar-refractivity contribution in [2.45, 2.75) is 6.32 Å². The zero-order valence-electron chi connectivity index (χ0n) is 12.3. The molecule has 0 aliphatic heterocycles. The lowest BCUT2D eigenvalue weighted by molar-refractivity contribution is 0.0821. The third-order valence-corrected chi connectivity index (χ3v) is 3.60. The van der Waals surface area contributed by atoms with Crippen molar-refractivity contribution in [1.82, 2.24) is 0 Å². The van der Waals surface area contributed by atoms with Gasteiger partial charge in [0.2, 0.25) is 0 Å². The van der Waals surface area contributed by atoms with Gasteiger partial charge in [0.15, 0.2) is 11.6 Å². The summed E-state index contributed by atoms with van der Waals surface area (Å²) < 4.78 is 0. The highest BCUT2D eigenvalue weighted by Crippen LogP contribution is 2.18. The summed E-state index contributed by atoms with van der Waals surface area (Å²) >= 11 is 0. The summed E-state index contributed by atoms with van der Waals surface area (Å²) in [5, 5.41) is 0. The highest BCUT2D eigenvalue weighted by Gasteiger charge is 2.27. The number of carbonyl (C=O) groups excluding carboxylic acids is 2. The van der Waals surface area contributed by atoms with Crippen LogP contribution in [-0.4, -0.2) is 33.5 Å². The van der Waals surface area contributed by atoms with Crippen LogP contribution >= 0.6 is 0 Å². The summed E-state index contributed by atoms with van der Waals surface area (Å²) in [6.45, 7) is 0. The number of benzene rings is 2. The molecule has 2 rings (SSSR count). The van der Waals surface area contributed by atoms with Crippen LogP contribution in [0, 0.1) is 5.92 Å². The summed E-state index contributed by atoms with van der Waals surface area (Å²) in [5.74, 6) is -0.717. The highest BCUT2D eigenvalue weighted by atomic mass is 16.1. The van der Waals surface area contributed by atoms with Crippen LogP contribution in [-0.2, 0) is 0 Å². The fraction of sp³-hybridized carbons (Fsp3) is 0.125. The maximum absolute atomic E-state index is 12.6. The van der Waals surface area contributed by atoms with Crippen LogP contribution in [0.3, 0.4) is 0 Å². The molecule has 0 fully saturated rings. The van der Waals surface area contributed by atoms with Crippen molar-refractivity contribution in [3.8, 4) is 0 Å². The van der Waals surface area contributed by atoms with Gasteiger partial charge in [-0.3, -0.25) is 9.59 Å². The first kappa shape index (κ1) is 15.4. The van der Waals surface area contributed by atoms with Gasteiger partial charge in [-0.2, -0.15) is 0 Å². The molecular formula is C16H17B3O2.